The Morgan fingerprint density at radius 1 is 1.11 bits per heavy atom. The van der Waals surface area contributed by atoms with E-state index in [9.17, 15) is 0 Å². The molecule has 18 heavy (non-hydrogen) atoms. The molecule has 3 heteroatoms. The summed E-state index contributed by atoms with van der Waals surface area (Å²) < 4.78 is 16.5. The lowest BCUT2D eigenvalue weighted by molar-refractivity contribution is -0.202. The maximum Gasteiger partial charge on any atom is 0.191 e. The molecule has 0 bridgehead atoms. The average Bonchev–Trinajstić information content (AvgIpc) is 2.43. The Hall–Kier alpha value is -1.06. The first-order chi connectivity index (χ1) is 8.62. The van der Waals surface area contributed by atoms with Crippen LogP contribution >= 0.6 is 0 Å². The van der Waals surface area contributed by atoms with Gasteiger partial charge in [-0.1, -0.05) is 25.5 Å². The van der Waals surface area contributed by atoms with Crippen molar-refractivity contribution in [1.82, 2.24) is 0 Å². The summed E-state index contributed by atoms with van der Waals surface area (Å²) in [4.78, 5) is 0. The summed E-state index contributed by atoms with van der Waals surface area (Å²) >= 11 is 0. The van der Waals surface area contributed by atoms with Gasteiger partial charge in [0.1, 0.15) is 5.75 Å². The number of methoxy groups -OCH3 is 3. The lowest BCUT2D eigenvalue weighted by Gasteiger charge is -2.29. The molecule has 0 aromatic heterocycles. The third kappa shape index (κ3) is 3.03. The molecule has 0 heterocycles. The highest BCUT2D eigenvalue weighted by molar-refractivity contribution is 5.42. The molecule has 0 spiro atoms. The van der Waals surface area contributed by atoms with Crippen LogP contribution in [0, 0.1) is 0 Å². The molecule has 102 valence electrons. The molecule has 0 saturated heterocycles. The van der Waals surface area contributed by atoms with Crippen LogP contribution < -0.4 is 4.74 Å². The SMILES string of the molecule is CCCCc1c(OC)cccc1C(C)(OC)OC. The summed E-state index contributed by atoms with van der Waals surface area (Å²) in [6.45, 7) is 4.11. The number of unbranched alkanes of at least 4 members (excludes halogenated alkanes) is 1. The highest BCUT2D eigenvalue weighted by atomic mass is 16.7. The van der Waals surface area contributed by atoms with E-state index in [1.807, 2.05) is 25.1 Å². The fraction of sp³-hybridized carbons (Fsp3) is 0.600. The predicted octanol–water partition coefficient (Wildman–Crippen LogP) is 3.50. The van der Waals surface area contributed by atoms with Crippen molar-refractivity contribution in [3.8, 4) is 5.75 Å². The largest absolute Gasteiger partial charge is 0.496 e. The molecule has 1 rings (SSSR count). The maximum absolute atomic E-state index is 5.52. The maximum atomic E-state index is 5.52. The van der Waals surface area contributed by atoms with E-state index in [2.05, 4.69) is 6.92 Å². The molecule has 0 radical (unpaired) electrons. The number of rotatable bonds is 7. The van der Waals surface area contributed by atoms with Crippen LogP contribution in [0.25, 0.3) is 0 Å². The topological polar surface area (TPSA) is 27.7 Å². The van der Waals surface area contributed by atoms with Gasteiger partial charge in [-0.2, -0.15) is 0 Å². The highest BCUT2D eigenvalue weighted by Crippen LogP contribution is 2.34. The van der Waals surface area contributed by atoms with Crippen molar-refractivity contribution >= 4 is 0 Å². The smallest absolute Gasteiger partial charge is 0.191 e. The van der Waals surface area contributed by atoms with Crippen molar-refractivity contribution in [2.24, 2.45) is 0 Å². The lowest BCUT2D eigenvalue weighted by Crippen LogP contribution is -2.28. The van der Waals surface area contributed by atoms with Crippen LogP contribution in [0.1, 0.15) is 37.8 Å². The van der Waals surface area contributed by atoms with Gasteiger partial charge in [-0.3, -0.25) is 0 Å². The lowest BCUT2D eigenvalue weighted by atomic mass is 9.95. The highest BCUT2D eigenvalue weighted by Gasteiger charge is 2.29. The zero-order valence-electron chi connectivity index (χ0n) is 12.1. The summed E-state index contributed by atoms with van der Waals surface area (Å²) in [7, 11) is 5.02. The van der Waals surface area contributed by atoms with Gasteiger partial charge in [0, 0.05) is 25.3 Å². The van der Waals surface area contributed by atoms with Gasteiger partial charge in [0.05, 0.1) is 7.11 Å². The van der Waals surface area contributed by atoms with E-state index in [0.29, 0.717) is 0 Å². The summed E-state index contributed by atoms with van der Waals surface area (Å²) in [5.41, 5.74) is 2.22. The molecular weight excluding hydrogens is 228 g/mol. The molecule has 0 atom stereocenters. The molecule has 0 unspecified atom stereocenters. The second kappa shape index (κ2) is 6.76. The average molecular weight is 252 g/mol. The molecule has 0 fully saturated rings. The third-order valence-corrected chi connectivity index (χ3v) is 3.40. The van der Waals surface area contributed by atoms with Gasteiger partial charge >= 0.3 is 0 Å². The van der Waals surface area contributed by atoms with Gasteiger partial charge in [-0.25, -0.2) is 0 Å². The first kappa shape index (κ1) is 15.0. The van der Waals surface area contributed by atoms with Crippen molar-refractivity contribution in [1.29, 1.82) is 0 Å². The van der Waals surface area contributed by atoms with Crippen LogP contribution in [0.3, 0.4) is 0 Å². The Kier molecular flexibility index (Phi) is 5.63. The fourth-order valence-corrected chi connectivity index (χ4v) is 2.10. The zero-order chi connectivity index (χ0) is 13.6. The normalized spacial score (nSPS) is 11.6. The molecular formula is C15H24O3. The Morgan fingerprint density at radius 2 is 1.78 bits per heavy atom. The first-order valence-corrected chi connectivity index (χ1v) is 6.39. The quantitative estimate of drug-likeness (QED) is 0.695. The molecule has 3 nitrogen and oxygen atoms in total. The molecule has 0 aliphatic carbocycles. The van der Waals surface area contributed by atoms with Gasteiger partial charge < -0.3 is 14.2 Å². The van der Waals surface area contributed by atoms with E-state index in [-0.39, 0.29) is 0 Å². The van der Waals surface area contributed by atoms with Crippen molar-refractivity contribution in [3.05, 3.63) is 29.3 Å². The van der Waals surface area contributed by atoms with E-state index in [4.69, 9.17) is 14.2 Å². The van der Waals surface area contributed by atoms with E-state index >= 15 is 0 Å². The third-order valence-electron chi connectivity index (χ3n) is 3.40. The van der Waals surface area contributed by atoms with E-state index in [1.165, 1.54) is 5.56 Å². The molecule has 0 aliphatic rings. The van der Waals surface area contributed by atoms with Crippen LogP contribution in [-0.2, 0) is 21.7 Å². The molecule has 0 N–H and O–H groups in total. The van der Waals surface area contributed by atoms with Gasteiger partial charge in [-0.05, 0) is 25.8 Å². The van der Waals surface area contributed by atoms with Crippen molar-refractivity contribution < 1.29 is 14.2 Å². The molecule has 0 saturated carbocycles. The fourth-order valence-electron chi connectivity index (χ4n) is 2.10. The van der Waals surface area contributed by atoms with E-state index in [1.54, 1.807) is 21.3 Å². The van der Waals surface area contributed by atoms with E-state index in [0.717, 1.165) is 30.6 Å². The van der Waals surface area contributed by atoms with Crippen LogP contribution in [0.2, 0.25) is 0 Å². The monoisotopic (exact) mass is 252 g/mol. The van der Waals surface area contributed by atoms with E-state index < -0.39 is 5.79 Å². The van der Waals surface area contributed by atoms with Crippen molar-refractivity contribution in [3.63, 3.8) is 0 Å². The first-order valence-electron chi connectivity index (χ1n) is 6.39. The number of hydrogen-bond donors (Lipinski definition) is 0. The van der Waals surface area contributed by atoms with Gasteiger partial charge in [0.15, 0.2) is 5.79 Å². The summed E-state index contributed by atoms with van der Waals surface area (Å²) in [6, 6.07) is 6.00. The van der Waals surface area contributed by atoms with Crippen LogP contribution in [0.5, 0.6) is 5.75 Å². The Balaban J connectivity index is 3.24. The summed E-state index contributed by atoms with van der Waals surface area (Å²) in [6.07, 6.45) is 3.24. The number of ether oxygens (including phenoxy) is 3. The molecule has 1 aromatic rings. The molecule has 1 aromatic carbocycles. The minimum absolute atomic E-state index is 0.725. The Bertz CT molecular complexity index is 370. The second-order valence-electron chi connectivity index (χ2n) is 4.44. The second-order valence-corrected chi connectivity index (χ2v) is 4.44. The van der Waals surface area contributed by atoms with Crippen LogP contribution in [-0.4, -0.2) is 21.3 Å². The van der Waals surface area contributed by atoms with Crippen molar-refractivity contribution in [2.75, 3.05) is 21.3 Å². The minimum Gasteiger partial charge on any atom is -0.496 e. The van der Waals surface area contributed by atoms with Crippen LogP contribution in [0.4, 0.5) is 0 Å². The molecule has 0 amide bonds. The zero-order valence-corrected chi connectivity index (χ0v) is 12.1. The molecule has 0 aliphatic heterocycles. The van der Waals surface area contributed by atoms with Crippen LogP contribution in [0.15, 0.2) is 18.2 Å². The Labute approximate surface area is 110 Å². The number of hydrogen-bond acceptors (Lipinski definition) is 3. The summed E-state index contributed by atoms with van der Waals surface area (Å²) in [5.74, 6) is 0.179. The standard InChI is InChI=1S/C15H24O3/c1-6-7-9-12-13(15(2,17-4)18-5)10-8-11-14(12)16-3/h8,10-11H,6-7,9H2,1-5H3. The van der Waals surface area contributed by atoms with Crippen molar-refractivity contribution in [2.45, 2.75) is 38.9 Å². The predicted molar refractivity (Wildman–Crippen MR) is 73.0 cm³/mol. The van der Waals surface area contributed by atoms with Gasteiger partial charge in [0.2, 0.25) is 0 Å². The number of benzene rings is 1. The minimum atomic E-state index is -0.725. The van der Waals surface area contributed by atoms with Gasteiger partial charge in [0.25, 0.3) is 0 Å². The van der Waals surface area contributed by atoms with Gasteiger partial charge in [-0.15, -0.1) is 0 Å². The Morgan fingerprint density at radius 3 is 2.28 bits per heavy atom. The summed E-state index contributed by atoms with van der Waals surface area (Å²) in [5, 5.41) is 0.